The van der Waals surface area contributed by atoms with Crippen LogP contribution in [0.25, 0.3) is 0 Å². The van der Waals surface area contributed by atoms with E-state index in [1.165, 1.54) is 23.3 Å². The minimum Gasteiger partial charge on any atom is -0.376 e. The Balaban J connectivity index is 1.18. The Morgan fingerprint density at radius 1 is 0.862 bits per heavy atom. The third-order valence-corrected chi connectivity index (χ3v) is 5.62. The number of hydrogen-bond acceptors (Lipinski definition) is 1. The number of nitrogens with zero attached hydrogens (tertiary/aromatic N) is 1. The van der Waals surface area contributed by atoms with Crippen LogP contribution in [0.15, 0.2) is 73.1 Å². The first-order valence-corrected chi connectivity index (χ1v) is 9.91. The molecule has 1 aliphatic rings. The van der Waals surface area contributed by atoms with Crippen molar-refractivity contribution >= 4 is 0 Å². The maximum Gasteiger partial charge on any atom is 0.416 e. The van der Waals surface area contributed by atoms with E-state index in [0.717, 1.165) is 37.1 Å². The van der Waals surface area contributed by atoms with Crippen LogP contribution in [-0.4, -0.2) is 11.2 Å². The van der Waals surface area contributed by atoms with Crippen molar-refractivity contribution < 1.29 is 17.9 Å². The summed E-state index contributed by atoms with van der Waals surface area (Å²) in [5.41, 5.74) is 2.82. The predicted molar refractivity (Wildman–Crippen MR) is 107 cm³/mol. The fraction of sp³-hybridized carbons (Fsp3) is 0.333. The van der Waals surface area contributed by atoms with E-state index in [-0.39, 0.29) is 0 Å². The van der Waals surface area contributed by atoms with Gasteiger partial charge in [0, 0.05) is 25.5 Å². The van der Waals surface area contributed by atoms with Crippen LogP contribution in [0, 0.1) is 5.92 Å². The van der Waals surface area contributed by atoms with Gasteiger partial charge in [-0.3, -0.25) is 0 Å². The summed E-state index contributed by atoms with van der Waals surface area (Å²) in [6.07, 6.45) is 2.04. The standard InChI is InChI=1S/C24H24F3NO/c25-24(26,27)23-9-5-19(6-10-23)16-29-17-20-13-22(14-20)21-7-3-18(4-8-21)15-28-11-1-2-12-28/h1-12,20,22H,13-17H2. The lowest BCUT2D eigenvalue weighted by atomic mass is 9.72. The van der Waals surface area contributed by atoms with Crippen molar-refractivity contribution in [2.75, 3.05) is 6.61 Å². The van der Waals surface area contributed by atoms with Crippen LogP contribution in [0.5, 0.6) is 0 Å². The van der Waals surface area contributed by atoms with Crippen molar-refractivity contribution in [1.82, 2.24) is 4.57 Å². The van der Waals surface area contributed by atoms with Crippen LogP contribution in [0.1, 0.15) is 41.0 Å². The van der Waals surface area contributed by atoms with Crippen molar-refractivity contribution in [3.05, 3.63) is 95.3 Å². The average molecular weight is 399 g/mol. The van der Waals surface area contributed by atoms with Gasteiger partial charge in [-0.15, -0.1) is 0 Å². The summed E-state index contributed by atoms with van der Waals surface area (Å²) in [4.78, 5) is 0. The van der Waals surface area contributed by atoms with E-state index in [2.05, 4.69) is 41.2 Å². The Kier molecular flexibility index (Phi) is 5.76. The minimum absolute atomic E-state index is 0.355. The lowest BCUT2D eigenvalue weighted by Gasteiger charge is -2.35. The number of ether oxygens (including phenoxy) is 1. The molecule has 29 heavy (non-hydrogen) atoms. The van der Waals surface area contributed by atoms with E-state index in [1.807, 2.05) is 12.1 Å². The predicted octanol–water partition coefficient (Wildman–Crippen LogP) is 6.27. The second-order valence-corrected chi connectivity index (χ2v) is 7.84. The molecule has 0 amide bonds. The third kappa shape index (κ3) is 5.10. The molecular formula is C24H24F3NO. The van der Waals surface area contributed by atoms with E-state index in [0.29, 0.717) is 25.0 Å². The highest BCUT2D eigenvalue weighted by Gasteiger charge is 2.31. The molecule has 2 nitrogen and oxygen atoms in total. The molecule has 152 valence electrons. The van der Waals surface area contributed by atoms with Crippen molar-refractivity contribution in [3.8, 4) is 0 Å². The van der Waals surface area contributed by atoms with Gasteiger partial charge in [0.15, 0.2) is 0 Å². The highest BCUT2D eigenvalue weighted by atomic mass is 19.4. The van der Waals surface area contributed by atoms with Gasteiger partial charge in [-0.1, -0.05) is 36.4 Å². The topological polar surface area (TPSA) is 14.2 Å². The van der Waals surface area contributed by atoms with Gasteiger partial charge in [0.05, 0.1) is 12.2 Å². The molecular weight excluding hydrogens is 375 g/mol. The van der Waals surface area contributed by atoms with Crippen molar-refractivity contribution in [2.24, 2.45) is 5.92 Å². The van der Waals surface area contributed by atoms with Gasteiger partial charge in [0.25, 0.3) is 0 Å². The molecule has 0 N–H and O–H groups in total. The van der Waals surface area contributed by atoms with Crippen LogP contribution in [0.4, 0.5) is 13.2 Å². The van der Waals surface area contributed by atoms with Gasteiger partial charge < -0.3 is 9.30 Å². The van der Waals surface area contributed by atoms with Gasteiger partial charge in [0.1, 0.15) is 0 Å². The SMILES string of the molecule is FC(F)(F)c1ccc(COCC2CC(c3ccc(Cn4cccc4)cc3)C2)cc1. The maximum absolute atomic E-state index is 12.6. The smallest absolute Gasteiger partial charge is 0.376 e. The number of benzene rings is 2. The van der Waals surface area contributed by atoms with Crippen LogP contribution < -0.4 is 0 Å². The Labute approximate surface area is 168 Å². The van der Waals surface area contributed by atoms with Gasteiger partial charge in [0.2, 0.25) is 0 Å². The molecule has 2 aromatic carbocycles. The average Bonchev–Trinajstić information content (AvgIpc) is 3.17. The van der Waals surface area contributed by atoms with Gasteiger partial charge in [-0.2, -0.15) is 13.2 Å². The quantitative estimate of drug-likeness (QED) is 0.457. The first kappa shape index (κ1) is 19.8. The zero-order valence-electron chi connectivity index (χ0n) is 16.1. The number of halogens is 3. The molecule has 4 rings (SSSR count). The Morgan fingerprint density at radius 3 is 2.10 bits per heavy atom. The first-order chi connectivity index (χ1) is 14.0. The zero-order valence-corrected chi connectivity index (χ0v) is 16.1. The molecule has 0 unspecified atom stereocenters. The molecule has 0 atom stereocenters. The van der Waals surface area contributed by atoms with E-state index >= 15 is 0 Å². The van der Waals surface area contributed by atoms with Crippen molar-refractivity contribution in [2.45, 2.75) is 38.1 Å². The Hall–Kier alpha value is -2.53. The highest BCUT2D eigenvalue weighted by Crippen LogP contribution is 2.41. The minimum atomic E-state index is -4.29. The fourth-order valence-electron chi connectivity index (χ4n) is 3.86. The normalized spacial score (nSPS) is 19.1. The van der Waals surface area contributed by atoms with Crippen LogP contribution in [0.2, 0.25) is 0 Å². The Bertz CT molecular complexity index is 893. The molecule has 1 heterocycles. The lowest BCUT2D eigenvalue weighted by Crippen LogP contribution is -2.26. The Morgan fingerprint density at radius 2 is 1.48 bits per heavy atom. The molecule has 0 bridgehead atoms. The number of hydrogen-bond donors (Lipinski definition) is 0. The summed E-state index contributed by atoms with van der Waals surface area (Å²) in [5, 5.41) is 0. The molecule has 0 saturated heterocycles. The van der Waals surface area contributed by atoms with E-state index in [4.69, 9.17) is 4.74 Å². The first-order valence-electron chi connectivity index (χ1n) is 9.91. The molecule has 3 aromatic rings. The largest absolute Gasteiger partial charge is 0.416 e. The molecule has 1 aromatic heterocycles. The van der Waals surface area contributed by atoms with Crippen LogP contribution >= 0.6 is 0 Å². The summed E-state index contributed by atoms with van der Waals surface area (Å²) in [7, 11) is 0. The van der Waals surface area contributed by atoms with E-state index in [9.17, 15) is 13.2 Å². The monoisotopic (exact) mass is 399 g/mol. The molecule has 0 radical (unpaired) electrons. The summed E-state index contributed by atoms with van der Waals surface area (Å²) >= 11 is 0. The summed E-state index contributed by atoms with van der Waals surface area (Å²) < 4.78 is 45.6. The van der Waals surface area contributed by atoms with Crippen molar-refractivity contribution in [1.29, 1.82) is 0 Å². The second kappa shape index (κ2) is 8.46. The van der Waals surface area contributed by atoms with Gasteiger partial charge >= 0.3 is 6.18 Å². The number of aromatic nitrogens is 1. The number of rotatable bonds is 7. The van der Waals surface area contributed by atoms with Gasteiger partial charge in [-0.05, 0) is 65.6 Å². The van der Waals surface area contributed by atoms with Crippen LogP contribution in [0.3, 0.4) is 0 Å². The molecule has 5 heteroatoms. The van der Waals surface area contributed by atoms with Crippen LogP contribution in [-0.2, 0) is 24.1 Å². The molecule has 0 spiro atoms. The van der Waals surface area contributed by atoms with E-state index in [1.54, 1.807) is 0 Å². The highest BCUT2D eigenvalue weighted by molar-refractivity contribution is 5.27. The fourth-order valence-corrected chi connectivity index (χ4v) is 3.86. The maximum atomic E-state index is 12.6. The van der Waals surface area contributed by atoms with Crippen molar-refractivity contribution in [3.63, 3.8) is 0 Å². The lowest BCUT2D eigenvalue weighted by molar-refractivity contribution is -0.137. The second-order valence-electron chi connectivity index (χ2n) is 7.84. The summed E-state index contributed by atoms with van der Waals surface area (Å²) in [6, 6.07) is 18.1. The van der Waals surface area contributed by atoms with Gasteiger partial charge in [-0.25, -0.2) is 0 Å². The summed E-state index contributed by atoms with van der Waals surface area (Å²) in [5.74, 6) is 1.10. The van der Waals surface area contributed by atoms with E-state index < -0.39 is 11.7 Å². The molecule has 1 fully saturated rings. The molecule has 1 aliphatic carbocycles. The zero-order chi connectivity index (χ0) is 20.3. The summed E-state index contributed by atoms with van der Waals surface area (Å²) in [6.45, 7) is 1.90. The number of alkyl halides is 3. The third-order valence-electron chi connectivity index (χ3n) is 5.62. The molecule has 1 saturated carbocycles. The molecule has 0 aliphatic heterocycles.